The van der Waals surface area contributed by atoms with Crippen LogP contribution in [0.25, 0.3) is 0 Å². The molecule has 4 rings (SSSR count). The average molecular weight is 424 g/mol. The fourth-order valence-corrected chi connectivity index (χ4v) is 5.30. The van der Waals surface area contributed by atoms with E-state index in [0.717, 1.165) is 55.0 Å². The number of benzene rings is 1. The molecule has 0 bridgehead atoms. The highest BCUT2D eigenvalue weighted by Gasteiger charge is 2.45. The van der Waals surface area contributed by atoms with Crippen LogP contribution in [0.15, 0.2) is 30.6 Å². The maximum absolute atomic E-state index is 11.3. The van der Waals surface area contributed by atoms with Gasteiger partial charge in [0, 0.05) is 35.0 Å². The normalized spacial score (nSPS) is 21.9. The first kappa shape index (κ1) is 19.9. The van der Waals surface area contributed by atoms with Gasteiger partial charge in [-0.25, -0.2) is 8.42 Å². The van der Waals surface area contributed by atoms with Gasteiger partial charge in [-0.15, -0.1) is 0 Å². The van der Waals surface area contributed by atoms with E-state index in [1.165, 1.54) is 11.8 Å². The van der Waals surface area contributed by atoms with Crippen molar-refractivity contribution in [2.24, 2.45) is 0 Å². The summed E-state index contributed by atoms with van der Waals surface area (Å²) in [5.74, 6) is 0.102. The molecular weight excluding hydrogens is 398 g/mol. The van der Waals surface area contributed by atoms with E-state index in [9.17, 15) is 13.5 Å². The molecule has 1 unspecified atom stereocenters. The highest BCUT2D eigenvalue weighted by Crippen LogP contribution is 2.51. The highest BCUT2D eigenvalue weighted by molar-refractivity contribution is 7.90. The second kappa shape index (κ2) is 7.44. The van der Waals surface area contributed by atoms with Crippen LogP contribution in [0.3, 0.4) is 0 Å². The van der Waals surface area contributed by atoms with Gasteiger partial charge >= 0.3 is 0 Å². The molecule has 1 aliphatic carbocycles. The molecule has 2 aromatic rings. The molecule has 1 atom stereocenters. The number of fused-ring (bicyclic) bond motifs is 2. The fourth-order valence-electron chi connectivity index (χ4n) is 4.61. The summed E-state index contributed by atoms with van der Waals surface area (Å²) >= 11 is 6.23. The molecule has 1 aliphatic heterocycles. The summed E-state index contributed by atoms with van der Waals surface area (Å²) in [4.78, 5) is 2.40. The number of aromatic nitrogens is 2. The summed E-state index contributed by atoms with van der Waals surface area (Å²) < 4.78 is 24.3. The molecule has 1 fully saturated rings. The number of hydrogen-bond donors (Lipinski definition) is 1. The van der Waals surface area contributed by atoms with E-state index < -0.39 is 15.9 Å². The number of aliphatic hydroxyl groups excluding tert-OH is 1. The molecule has 0 radical (unpaired) electrons. The predicted molar refractivity (Wildman–Crippen MR) is 109 cm³/mol. The third-order valence-corrected chi connectivity index (χ3v) is 7.29. The summed E-state index contributed by atoms with van der Waals surface area (Å²) in [7, 11) is -2.99. The van der Waals surface area contributed by atoms with Gasteiger partial charge in [0.2, 0.25) is 0 Å². The van der Waals surface area contributed by atoms with Gasteiger partial charge in [0.05, 0.1) is 24.6 Å². The molecule has 0 saturated carbocycles. The van der Waals surface area contributed by atoms with Gasteiger partial charge in [-0.1, -0.05) is 17.7 Å². The molecule has 8 heteroatoms. The second-order valence-electron chi connectivity index (χ2n) is 8.25. The van der Waals surface area contributed by atoms with E-state index in [0.29, 0.717) is 6.54 Å². The summed E-state index contributed by atoms with van der Waals surface area (Å²) in [6.45, 7) is 3.09. The average Bonchev–Trinajstić information content (AvgIpc) is 3.18. The molecule has 1 aromatic carbocycles. The highest BCUT2D eigenvalue weighted by atomic mass is 35.5. The number of piperidine rings is 1. The van der Waals surface area contributed by atoms with Crippen molar-refractivity contribution >= 4 is 21.4 Å². The first-order chi connectivity index (χ1) is 13.2. The molecule has 2 aliphatic rings. The number of aliphatic hydroxyl groups is 1. The fraction of sp³-hybridized carbons (Fsp3) is 0.550. The second-order valence-corrected chi connectivity index (χ2v) is 10.9. The molecular formula is C20H26ClN3O3S. The van der Waals surface area contributed by atoms with E-state index in [4.69, 9.17) is 11.6 Å². The van der Waals surface area contributed by atoms with Crippen molar-refractivity contribution in [3.05, 3.63) is 52.3 Å². The van der Waals surface area contributed by atoms with Gasteiger partial charge in [-0.2, -0.15) is 5.10 Å². The lowest BCUT2D eigenvalue weighted by molar-refractivity contribution is 0.106. The SMILES string of the molecule is CS(=O)(=O)CCn1cc(CN2CCC3(CC2)CC(O)c2ccc(Cl)cc23)cn1. The monoisotopic (exact) mass is 423 g/mol. The maximum Gasteiger partial charge on any atom is 0.149 e. The van der Waals surface area contributed by atoms with Crippen molar-refractivity contribution in [1.82, 2.24) is 14.7 Å². The Morgan fingerprint density at radius 2 is 2.07 bits per heavy atom. The van der Waals surface area contributed by atoms with Gasteiger partial charge < -0.3 is 5.11 Å². The Kier molecular flexibility index (Phi) is 5.29. The van der Waals surface area contributed by atoms with E-state index in [-0.39, 0.29) is 11.2 Å². The van der Waals surface area contributed by atoms with Crippen LogP contribution in [0.1, 0.15) is 42.1 Å². The number of hydrogen-bond acceptors (Lipinski definition) is 5. The van der Waals surface area contributed by atoms with Gasteiger partial charge in [0.1, 0.15) is 9.84 Å². The third kappa shape index (κ3) is 4.13. The van der Waals surface area contributed by atoms with Crippen molar-refractivity contribution in [2.45, 2.75) is 43.9 Å². The van der Waals surface area contributed by atoms with Crippen molar-refractivity contribution in [2.75, 3.05) is 25.1 Å². The van der Waals surface area contributed by atoms with Crippen LogP contribution in [-0.2, 0) is 28.3 Å². The molecule has 2 heterocycles. The molecule has 1 saturated heterocycles. The molecule has 1 N–H and O–H groups in total. The Labute approximate surface area is 171 Å². The molecule has 1 aromatic heterocycles. The summed E-state index contributed by atoms with van der Waals surface area (Å²) in [5, 5.41) is 15.5. The van der Waals surface area contributed by atoms with Crippen molar-refractivity contribution in [3.8, 4) is 0 Å². The smallest absolute Gasteiger partial charge is 0.149 e. The van der Waals surface area contributed by atoms with E-state index in [1.54, 1.807) is 4.68 Å². The number of likely N-dealkylation sites (tertiary alicyclic amines) is 1. The topological polar surface area (TPSA) is 75.4 Å². The van der Waals surface area contributed by atoms with Crippen LogP contribution in [-0.4, -0.2) is 53.3 Å². The minimum atomic E-state index is -2.99. The minimum absolute atomic E-state index is 0.0236. The minimum Gasteiger partial charge on any atom is -0.388 e. The Bertz CT molecular complexity index is 965. The van der Waals surface area contributed by atoms with Gasteiger partial charge in [0.25, 0.3) is 0 Å². The van der Waals surface area contributed by atoms with Crippen LogP contribution >= 0.6 is 11.6 Å². The summed E-state index contributed by atoms with van der Waals surface area (Å²) in [6.07, 6.45) is 7.38. The number of aryl methyl sites for hydroxylation is 1. The van der Waals surface area contributed by atoms with Crippen molar-refractivity contribution in [1.29, 1.82) is 0 Å². The first-order valence-electron chi connectivity index (χ1n) is 9.64. The van der Waals surface area contributed by atoms with Gasteiger partial charge in [-0.05, 0) is 55.6 Å². The zero-order valence-corrected chi connectivity index (χ0v) is 17.6. The number of halogens is 1. The van der Waals surface area contributed by atoms with Crippen molar-refractivity contribution in [3.63, 3.8) is 0 Å². The van der Waals surface area contributed by atoms with E-state index >= 15 is 0 Å². The largest absolute Gasteiger partial charge is 0.388 e. The third-order valence-electron chi connectivity index (χ3n) is 6.13. The Morgan fingerprint density at radius 3 is 2.79 bits per heavy atom. The number of sulfone groups is 1. The van der Waals surface area contributed by atoms with Crippen LogP contribution < -0.4 is 0 Å². The van der Waals surface area contributed by atoms with Crippen LogP contribution in [0.2, 0.25) is 5.02 Å². The van der Waals surface area contributed by atoms with E-state index in [1.807, 2.05) is 30.6 Å². The van der Waals surface area contributed by atoms with Crippen LogP contribution in [0.5, 0.6) is 0 Å². The standard InChI is InChI=1S/C20H26ClN3O3S/c1-28(26,27)9-8-24-14-15(12-22-24)13-23-6-4-20(5-7-23)11-19(25)17-3-2-16(21)10-18(17)20/h2-3,10,12,14,19,25H,4-9,11,13H2,1H3. The van der Waals surface area contributed by atoms with Gasteiger partial charge in [-0.3, -0.25) is 9.58 Å². The zero-order chi connectivity index (χ0) is 19.9. The Morgan fingerprint density at radius 1 is 1.32 bits per heavy atom. The van der Waals surface area contributed by atoms with Crippen LogP contribution in [0.4, 0.5) is 0 Å². The molecule has 0 amide bonds. The van der Waals surface area contributed by atoms with Crippen molar-refractivity contribution < 1.29 is 13.5 Å². The van der Waals surface area contributed by atoms with Crippen LogP contribution in [0, 0.1) is 0 Å². The molecule has 152 valence electrons. The number of rotatable bonds is 5. The molecule has 28 heavy (non-hydrogen) atoms. The summed E-state index contributed by atoms with van der Waals surface area (Å²) in [6, 6.07) is 5.86. The zero-order valence-electron chi connectivity index (χ0n) is 16.0. The lowest BCUT2D eigenvalue weighted by Crippen LogP contribution is -2.41. The molecule has 1 spiro atoms. The first-order valence-corrected chi connectivity index (χ1v) is 12.1. The quantitative estimate of drug-likeness (QED) is 0.799. The summed E-state index contributed by atoms with van der Waals surface area (Å²) in [5.41, 5.74) is 3.38. The lowest BCUT2D eigenvalue weighted by atomic mass is 9.73. The predicted octanol–water partition coefficient (Wildman–Crippen LogP) is 2.55. The maximum atomic E-state index is 11.3. The molecule has 6 nitrogen and oxygen atoms in total. The lowest BCUT2D eigenvalue weighted by Gasteiger charge is -2.40. The Hall–Kier alpha value is -1.41. The van der Waals surface area contributed by atoms with Gasteiger partial charge in [0.15, 0.2) is 0 Å². The number of nitrogens with zero attached hydrogens (tertiary/aromatic N) is 3. The van der Waals surface area contributed by atoms with E-state index in [2.05, 4.69) is 10.00 Å². The Balaban J connectivity index is 1.38.